The molecule has 1 heterocycles. The number of hydrogen-bond donors (Lipinski definition) is 0. The molecule has 2 rings (SSSR count). The minimum atomic E-state index is -0.591. The smallest absolute Gasteiger partial charge is 0.341 e. The highest BCUT2D eigenvalue weighted by Crippen LogP contribution is 2.33. The van der Waals surface area contributed by atoms with E-state index >= 15 is 0 Å². The summed E-state index contributed by atoms with van der Waals surface area (Å²) in [4.78, 5) is 27.6. The second-order valence-corrected chi connectivity index (χ2v) is 5.04. The SMILES string of the molecule is COC(=O)C(=Cc1cncc(Br)c1)C(=O)C1CC1. The summed E-state index contributed by atoms with van der Waals surface area (Å²) < 4.78 is 5.44. The van der Waals surface area contributed by atoms with Crippen LogP contribution in [-0.2, 0) is 14.3 Å². The Hall–Kier alpha value is -1.49. The molecule has 18 heavy (non-hydrogen) atoms. The van der Waals surface area contributed by atoms with E-state index in [0.717, 1.165) is 17.3 Å². The zero-order chi connectivity index (χ0) is 13.1. The van der Waals surface area contributed by atoms with E-state index in [2.05, 4.69) is 25.7 Å². The number of methoxy groups -OCH3 is 1. The van der Waals surface area contributed by atoms with Crippen LogP contribution in [-0.4, -0.2) is 23.8 Å². The molecule has 0 atom stereocenters. The molecule has 0 aliphatic heterocycles. The predicted molar refractivity (Wildman–Crippen MR) is 69.7 cm³/mol. The summed E-state index contributed by atoms with van der Waals surface area (Å²) in [6.45, 7) is 0. The van der Waals surface area contributed by atoms with E-state index in [1.54, 1.807) is 18.5 Å². The van der Waals surface area contributed by atoms with Gasteiger partial charge in [-0.15, -0.1) is 0 Å². The molecule has 0 radical (unpaired) electrons. The first kappa shape index (κ1) is 13.0. The molecule has 1 aromatic rings. The molecule has 1 saturated carbocycles. The number of carbonyl (C=O) groups is 2. The maximum atomic E-state index is 12.0. The Labute approximate surface area is 113 Å². The summed E-state index contributed by atoms with van der Waals surface area (Å²) >= 11 is 3.29. The van der Waals surface area contributed by atoms with Crippen molar-refractivity contribution in [2.24, 2.45) is 5.92 Å². The monoisotopic (exact) mass is 309 g/mol. The van der Waals surface area contributed by atoms with Gasteiger partial charge in [-0.3, -0.25) is 9.78 Å². The first-order valence-electron chi connectivity index (χ1n) is 5.56. The molecule has 0 N–H and O–H groups in total. The third kappa shape index (κ3) is 3.04. The molecule has 1 fully saturated rings. The van der Waals surface area contributed by atoms with Crippen molar-refractivity contribution in [2.75, 3.05) is 7.11 Å². The minimum Gasteiger partial charge on any atom is -0.465 e. The molecule has 0 aromatic carbocycles. The first-order chi connectivity index (χ1) is 8.61. The molecule has 0 spiro atoms. The van der Waals surface area contributed by atoms with Crippen LogP contribution in [0.1, 0.15) is 18.4 Å². The number of hydrogen-bond acceptors (Lipinski definition) is 4. The summed E-state index contributed by atoms with van der Waals surface area (Å²) in [6, 6.07) is 1.79. The lowest BCUT2D eigenvalue weighted by atomic mass is 10.1. The lowest BCUT2D eigenvalue weighted by Gasteiger charge is -2.04. The van der Waals surface area contributed by atoms with Crippen molar-refractivity contribution in [3.63, 3.8) is 0 Å². The highest BCUT2D eigenvalue weighted by Gasteiger charge is 2.34. The number of ether oxygens (including phenoxy) is 1. The summed E-state index contributed by atoms with van der Waals surface area (Å²) in [5.74, 6) is -0.746. The van der Waals surface area contributed by atoms with Crippen LogP contribution in [0.15, 0.2) is 28.5 Å². The van der Waals surface area contributed by atoms with Crippen molar-refractivity contribution in [3.8, 4) is 0 Å². The average Bonchev–Trinajstić information content (AvgIpc) is 3.18. The van der Waals surface area contributed by atoms with Crippen molar-refractivity contribution in [2.45, 2.75) is 12.8 Å². The highest BCUT2D eigenvalue weighted by atomic mass is 79.9. The van der Waals surface area contributed by atoms with Crippen LogP contribution in [0.2, 0.25) is 0 Å². The van der Waals surface area contributed by atoms with Gasteiger partial charge in [-0.25, -0.2) is 4.79 Å². The van der Waals surface area contributed by atoms with E-state index in [0.29, 0.717) is 5.56 Å². The van der Waals surface area contributed by atoms with E-state index in [1.165, 1.54) is 13.2 Å². The Kier molecular flexibility index (Phi) is 3.91. The van der Waals surface area contributed by atoms with Gasteiger partial charge in [-0.05, 0) is 46.5 Å². The van der Waals surface area contributed by atoms with Gasteiger partial charge in [0.15, 0.2) is 5.78 Å². The number of ketones is 1. The third-order valence-corrected chi connectivity index (χ3v) is 3.09. The Bertz CT molecular complexity index is 521. The normalized spacial score (nSPS) is 15.3. The largest absolute Gasteiger partial charge is 0.465 e. The quantitative estimate of drug-likeness (QED) is 0.371. The van der Waals surface area contributed by atoms with E-state index in [-0.39, 0.29) is 17.3 Å². The van der Waals surface area contributed by atoms with Crippen LogP contribution < -0.4 is 0 Å². The van der Waals surface area contributed by atoms with Gasteiger partial charge in [-0.1, -0.05) is 0 Å². The van der Waals surface area contributed by atoms with Crippen LogP contribution in [0.3, 0.4) is 0 Å². The van der Waals surface area contributed by atoms with Gasteiger partial charge in [0.2, 0.25) is 0 Å². The van der Waals surface area contributed by atoms with Gasteiger partial charge in [0.25, 0.3) is 0 Å². The van der Waals surface area contributed by atoms with Crippen LogP contribution in [0.25, 0.3) is 6.08 Å². The zero-order valence-electron chi connectivity index (χ0n) is 9.85. The Morgan fingerprint density at radius 1 is 1.44 bits per heavy atom. The van der Waals surface area contributed by atoms with Gasteiger partial charge in [0.1, 0.15) is 5.57 Å². The molecule has 1 aliphatic carbocycles. The van der Waals surface area contributed by atoms with Crippen LogP contribution in [0, 0.1) is 5.92 Å². The fourth-order valence-electron chi connectivity index (χ4n) is 1.58. The van der Waals surface area contributed by atoms with E-state index in [9.17, 15) is 9.59 Å². The number of aromatic nitrogens is 1. The number of carbonyl (C=O) groups excluding carboxylic acids is 2. The second kappa shape index (κ2) is 5.44. The third-order valence-electron chi connectivity index (χ3n) is 2.66. The van der Waals surface area contributed by atoms with Crippen molar-refractivity contribution in [1.29, 1.82) is 0 Å². The number of pyridine rings is 1. The zero-order valence-corrected chi connectivity index (χ0v) is 11.4. The number of Topliss-reactive ketones (excluding diaryl/α,β-unsaturated/α-hetero) is 1. The molecule has 1 aromatic heterocycles. The Morgan fingerprint density at radius 3 is 2.72 bits per heavy atom. The summed E-state index contributed by atoms with van der Waals surface area (Å²) in [7, 11) is 1.27. The van der Waals surface area contributed by atoms with Crippen molar-refractivity contribution >= 4 is 33.8 Å². The second-order valence-electron chi connectivity index (χ2n) is 4.12. The molecule has 94 valence electrons. The van der Waals surface area contributed by atoms with Gasteiger partial charge >= 0.3 is 5.97 Å². The molecule has 0 unspecified atom stereocenters. The molecular formula is C13H12BrNO3. The van der Waals surface area contributed by atoms with Gasteiger partial charge in [-0.2, -0.15) is 0 Å². The molecule has 4 nitrogen and oxygen atoms in total. The van der Waals surface area contributed by atoms with Crippen LogP contribution >= 0.6 is 15.9 Å². The van der Waals surface area contributed by atoms with Gasteiger partial charge < -0.3 is 4.74 Å². The molecular weight excluding hydrogens is 298 g/mol. The molecule has 0 bridgehead atoms. The lowest BCUT2D eigenvalue weighted by molar-refractivity contribution is -0.137. The lowest BCUT2D eigenvalue weighted by Crippen LogP contribution is -2.15. The Balaban J connectivity index is 2.33. The number of halogens is 1. The Morgan fingerprint density at radius 2 is 2.17 bits per heavy atom. The van der Waals surface area contributed by atoms with Crippen molar-refractivity contribution in [1.82, 2.24) is 4.98 Å². The summed E-state index contributed by atoms with van der Waals surface area (Å²) in [5.41, 5.74) is 0.790. The maximum Gasteiger partial charge on any atom is 0.341 e. The summed E-state index contributed by atoms with van der Waals surface area (Å²) in [6.07, 6.45) is 6.46. The van der Waals surface area contributed by atoms with Crippen molar-refractivity contribution < 1.29 is 14.3 Å². The van der Waals surface area contributed by atoms with Gasteiger partial charge in [0, 0.05) is 22.8 Å². The predicted octanol–water partition coefficient (Wildman–Crippen LogP) is 2.38. The van der Waals surface area contributed by atoms with Crippen LogP contribution in [0.4, 0.5) is 0 Å². The fourth-order valence-corrected chi connectivity index (χ4v) is 1.96. The van der Waals surface area contributed by atoms with Crippen molar-refractivity contribution in [3.05, 3.63) is 34.1 Å². The van der Waals surface area contributed by atoms with E-state index < -0.39 is 5.97 Å². The molecule has 0 saturated heterocycles. The topological polar surface area (TPSA) is 56.3 Å². The minimum absolute atomic E-state index is 0.0181. The summed E-state index contributed by atoms with van der Waals surface area (Å²) in [5, 5.41) is 0. The number of esters is 1. The first-order valence-corrected chi connectivity index (χ1v) is 6.36. The van der Waals surface area contributed by atoms with E-state index in [4.69, 9.17) is 0 Å². The van der Waals surface area contributed by atoms with E-state index in [1.807, 2.05) is 0 Å². The molecule has 5 heteroatoms. The fraction of sp³-hybridized carbons (Fsp3) is 0.308. The maximum absolute atomic E-state index is 12.0. The van der Waals surface area contributed by atoms with Crippen LogP contribution in [0.5, 0.6) is 0 Å². The standard InChI is InChI=1S/C13H12BrNO3/c1-18-13(17)11(12(16)9-2-3-9)5-8-4-10(14)7-15-6-8/h4-7,9H,2-3H2,1H3. The molecule has 0 amide bonds. The average molecular weight is 310 g/mol. The highest BCUT2D eigenvalue weighted by molar-refractivity contribution is 9.10. The number of nitrogens with zero attached hydrogens (tertiary/aromatic N) is 1. The molecule has 1 aliphatic rings. The number of rotatable bonds is 4. The van der Waals surface area contributed by atoms with Gasteiger partial charge in [0.05, 0.1) is 7.11 Å².